The number of halogens is 1. The molecule has 0 spiro atoms. The zero-order chi connectivity index (χ0) is 21.0. The lowest BCUT2D eigenvalue weighted by atomic mass is 10.1. The van der Waals surface area contributed by atoms with Crippen LogP contribution in [-0.2, 0) is 21.4 Å². The zero-order valence-electron chi connectivity index (χ0n) is 16.1. The number of likely N-dealkylation sites (N-methyl/N-ethyl adjacent to an activating group) is 1. The van der Waals surface area contributed by atoms with Gasteiger partial charge in [0.05, 0.1) is 5.69 Å². The Morgan fingerprint density at radius 1 is 1.03 bits per heavy atom. The Morgan fingerprint density at radius 3 is 2.34 bits per heavy atom. The highest BCUT2D eigenvalue weighted by atomic mass is 32.2. The van der Waals surface area contributed by atoms with Gasteiger partial charge in [0.1, 0.15) is 16.6 Å². The van der Waals surface area contributed by atoms with Gasteiger partial charge in [0.2, 0.25) is 5.91 Å². The van der Waals surface area contributed by atoms with Gasteiger partial charge in [0, 0.05) is 13.6 Å². The molecule has 0 aliphatic rings. The van der Waals surface area contributed by atoms with Gasteiger partial charge in [-0.05, 0) is 36.1 Å². The molecule has 0 unspecified atom stereocenters. The van der Waals surface area contributed by atoms with E-state index in [-0.39, 0.29) is 9.90 Å². The Morgan fingerprint density at radius 2 is 1.72 bits per heavy atom. The molecule has 0 saturated carbocycles. The molecule has 29 heavy (non-hydrogen) atoms. The summed E-state index contributed by atoms with van der Waals surface area (Å²) in [6, 6.07) is 16.3. The third-order valence-corrected chi connectivity index (χ3v) is 7.54. The minimum Gasteiger partial charge on any atom is -0.340 e. The third kappa shape index (κ3) is 4.83. The first-order valence-corrected chi connectivity index (χ1v) is 11.2. The largest absolute Gasteiger partial charge is 0.340 e. The fourth-order valence-electron chi connectivity index (χ4n) is 2.77. The van der Waals surface area contributed by atoms with Crippen LogP contribution in [0.3, 0.4) is 0 Å². The van der Waals surface area contributed by atoms with E-state index in [1.807, 2.05) is 31.2 Å². The molecule has 1 heterocycles. The van der Waals surface area contributed by atoms with E-state index < -0.39 is 28.3 Å². The van der Waals surface area contributed by atoms with Crippen molar-refractivity contribution < 1.29 is 17.6 Å². The van der Waals surface area contributed by atoms with Gasteiger partial charge in [-0.25, -0.2) is 12.8 Å². The van der Waals surface area contributed by atoms with Crippen LogP contribution in [0.4, 0.5) is 10.1 Å². The molecule has 0 bridgehead atoms. The first kappa shape index (κ1) is 21.0. The summed E-state index contributed by atoms with van der Waals surface area (Å²) in [5.74, 6) is -1.14. The van der Waals surface area contributed by atoms with Crippen LogP contribution < -0.4 is 4.31 Å². The molecule has 0 aliphatic heterocycles. The van der Waals surface area contributed by atoms with Crippen LogP contribution >= 0.6 is 11.3 Å². The van der Waals surface area contributed by atoms with Gasteiger partial charge in [0.25, 0.3) is 10.0 Å². The second-order valence-corrected chi connectivity index (χ2v) is 9.67. The summed E-state index contributed by atoms with van der Waals surface area (Å²) in [4.78, 5) is 14.3. The Kier molecular flexibility index (Phi) is 6.34. The van der Waals surface area contributed by atoms with Crippen molar-refractivity contribution in [2.75, 3.05) is 17.9 Å². The Labute approximate surface area is 174 Å². The number of rotatable bonds is 7. The van der Waals surface area contributed by atoms with E-state index in [0.717, 1.165) is 26.8 Å². The number of sulfonamides is 1. The SMILES string of the molecule is Cc1ccc(CN(C)C(=O)CN(c2ccccc2F)S(=O)(=O)c2cccs2)cc1. The first-order chi connectivity index (χ1) is 13.8. The van der Waals surface area contributed by atoms with Gasteiger partial charge >= 0.3 is 0 Å². The number of benzene rings is 2. The van der Waals surface area contributed by atoms with Crippen LogP contribution in [0.15, 0.2) is 70.3 Å². The number of thiophene rings is 1. The van der Waals surface area contributed by atoms with Gasteiger partial charge in [-0.2, -0.15) is 0 Å². The van der Waals surface area contributed by atoms with Gasteiger partial charge in [-0.15, -0.1) is 11.3 Å². The van der Waals surface area contributed by atoms with Crippen molar-refractivity contribution in [3.8, 4) is 0 Å². The highest BCUT2D eigenvalue weighted by Gasteiger charge is 2.30. The number of carbonyl (C=O) groups excluding carboxylic acids is 1. The van der Waals surface area contributed by atoms with E-state index in [4.69, 9.17) is 0 Å². The van der Waals surface area contributed by atoms with Gasteiger partial charge in [-0.3, -0.25) is 9.10 Å². The van der Waals surface area contributed by atoms with Crippen LogP contribution in [0, 0.1) is 12.7 Å². The van der Waals surface area contributed by atoms with E-state index in [2.05, 4.69) is 0 Å². The number of para-hydroxylation sites is 1. The number of carbonyl (C=O) groups is 1. The quantitative estimate of drug-likeness (QED) is 0.566. The fraction of sp³-hybridized carbons (Fsp3) is 0.190. The lowest BCUT2D eigenvalue weighted by molar-refractivity contribution is -0.128. The summed E-state index contributed by atoms with van der Waals surface area (Å²) >= 11 is 1.02. The van der Waals surface area contributed by atoms with Gasteiger partial charge < -0.3 is 4.90 Å². The minimum atomic E-state index is -4.08. The van der Waals surface area contributed by atoms with E-state index >= 15 is 0 Å². The summed E-state index contributed by atoms with van der Waals surface area (Å²) in [7, 11) is -2.48. The van der Waals surface area contributed by atoms with Gasteiger partial charge in [-0.1, -0.05) is 48.0 Å². The first-order valence-electron chi connectivity index (χ1n) is 8.89. The molecule has 3 aromatic rings. The lowest BCUT2D eigenvalue weighted by Crippen LogP contribution is -2.41. The Balaban J connectivity index is 1.88. The molecule has 0 atom stereocenters. The van der Waals surface area contributed by atoms with E-state index in [9.17, 15) is 17.6 Å². The molecule has 1 amide bonds. The predicted octanol–water partition coefficient (Wildman–Crippen LogP) is 4.05. The molecule has 0 fully saturated rings. The van der Waals surface area contributed by atoms with E-state index in [1.54, 1.807) is 18.5 Å². The summed E-state index contributed by atoms with van der Waals surface area (Å²) < 4.78 is 41.5. The van der Waals surface area contributed by atoms with Crippen molar-refractivity contribution in [3.63, 3.8) is 0 Å². The molecule has 152 valence electrons. The van der Waals surface area contributed by atoms with Crippen molar-refractivity contribution >= 4 is 33.0 Å². The van der Waals surface area contributed by atoms with Crippen molar-refractivity contribution in [3.05, 3.63) is 83.0 Å². The Bertz CT molecular complexity index is 1080. The average molecular weight is 433 g/mol. The highest BCUT2D eigenvalue weighted by molar-refractivity contribution is 7.94. The molecule has 0 N–H and O–H groups in total. The van der Waals surface area contributed by atoms with Crippen LogP contribution in [0.5, 0.6) is 0 Å². The molecule has 0 radical (unpaired) electrons. The van der Waals surface area contributed by atoms with Crippen molar-refractivity contribution in [2.24, 2.45) is 0 Å². The van der Waals surface area contributed by atoms with E-state index in [1.165, 1.54) is 35.2 Å². The lowest BCUT2D eigenvalue weighted by Gasteiger charge is -2.26. The highest BCUT2D eigenvalue weighted by Crippen LogP contribution is 2.28. The van der Waals surface area contributed by atoms with Crippen molar-refractivity contribution in [1.82, 2.24) is 4.90 Å². The average Bonchev–Trinajstić information content (AvgIpc) is 3.24. The summed E-state index contributed by atoms with van der Waals surface area (Å²) in [5, 5.41) is 1.62. The summed E-state index contributed by atoms with van der Waals surface area (Å²) in [6.45, 7) is 1.80. The molecule has 8 heteroatoms. The maximum absolute atomic E-state index is 14.4. The minimum absolute atomic E-state index is 0.0507. The fourth-order valence-corrected chi connectivity index (χ4v) is 5.30. The topological polar surface area (TPSA) is 57.7 Å². The maximum Gasteiger partial charge on any atom is 0.274 e. The number of nitrogens with zero attached hydrogens (tertiary/aromatic N) is 2. The number of anilines is 1. The second-order valence-electron chi connectivity index (χ2n) is 6.63. The van der Waals surface area contributed by atoms with Crippen LogP contribution in [-0.4, -0.2) is 32.8 Å². The zero-order valence-corrected chi connectivity index (χ0v) is 17.7. The molecule has 5 nitrogen and oxygen atoms in total. The van der Waals surface area contributed by atoms with Crippen molar-refractivity contribution in [1.29, 1.82) is 0 Å². The Hall–Kier alpha value is -2.71. The second kappa shape index (κ2) is 8.75. The molecule has 3 rings (SSSR count). The molecule has 0 aliphatic carbocycles. The molecule has 2 aromatic carbocycles. The third-order valence-electron chi connectivity index (χ3n) is 4.41. The van der Waals surface area contributed by atoms with Crippen molar-refractivity contribution in [2.45, 2.75) is 17.7 Å². The molecule has 1 aromatic heterocycles. The summed E-state index contributed by atoms with van der Waals surface area (Å²) in [6.07, 6.45) is 0. The summed E-state index contributed by atoms with van der Waals surface area (Å²) in [5.41, 5.74) is 1.87. The van der Waals surface area contributed by atoms with Gasteiger partial charge in [0.15, 0.2) is 0 Å². The maximum atomic E-state index is 14.4. The number of amides is 1. The van der Waals surface area contributed by atoms with Crippen LogP contribution in [0.2, 0.25) is 0 Å². The molecular formula is C21H21FN2O3S2. The monoisotopic (exact) mass is 432 g/mol. The number of hydrogen-bond donors (Lipinski definition) is 0. The van der Waals surface area contributed by atoms with Crippen LogP contribution in [0.25, 0.3) is 0 Å². The van der Waals surface area contributed by atoms with Crippen LogP contribution in [0.1, 0.15) is 11.1 Å². The van der Waals surface area contributed by atoms with E-state index in [0.29, 0.717) is 6.54 Å². The predicted molar refractivity (Wildman–Crippen MR) is 113 cm³/mol. The number of aryl methyl sites for hydroxylation is 1. The molecule has 0 saturated heterocycles. The molecular weight excluding hydrogens is 411 g/mol. The standard InChI is InChI=1S/C21H21FN2O3S2/c1-16-9-11-17(12-10-16)14-23(2)20(25)15-24(19-7-4-3-6-18(19)22)29(26,27)21-8-5-13-28-21/h3-13H,14-15H2,1-2H3. The normalized spacial score (nSPS) is 11.3. The number of hydrogen-bond acceptors (Lipinski definition) is 4. The smallest absolute Gasteiger partial charge is 0.274 e.